The van der Waals surface area contributed by atoms with E-state index in [1.807, 2.05) is 62.4 Å². The summed E-state index contributed by atoms with van der Waals surface area (Å²) in [5.41, 5.74) is 4.74. The van der Waals surface area contributed by atoms with E-state index in [0.717, 1.165) is 35.3 Å². The minimum Gasteiger partial charge on any atom is -0.493 e. The van der Waals surface area contributed by atoms with E-state index in [1.54, 1.807) is 23.6 Å². The fourth-order valence-electron chi connectivity index (χ4n) is 5.14. The summed E-state index contributed by atoms with van der Waals surface area (Å²) in [5, 5.41) is 11.9. The average Bonchev–Trinajstić information content (AvgIpc) is 3.42. The van der Waals surface area contributed by atoms with Gasteiger partial charge in [-0.1, -0.05) is 67.1 Å². The van der Waals surface area contributed by atoms with E-state index in [9.17, 15) is 4.79 Å². The lowest BCUT2D eigenvalue weighted by Crippen LogP contribution is -2.31. The summed E-state index contributed by atoms with van der Waals surface area (Å²) >= 11 is 5.33. The minimum atomic E-state index is -0.607. The van der Waals surface area contributed by atoms with Crippen LogP contribution in [0.25, 0.3) is 0 Å². The molecule has 4 aromatic rings. The number of aryl methyl sites for hydroxylation is 1. The van der Waals surface area contributed by atoms with Gasteiger partial charge in [-0.05, 0) is 78.5 Å². The number of hydrogen-bond acceptors (Lipinski definition) is 8. The topological polar surface area (TPSA) is 99.5 Å². The maximum absolute atomic E-state index is 14.1. The van der Waals surface area contributed by atoms with Crippen LogP contribution in [0, 0.1) is 6.92 Å². The van der Waals surface area contributed by atoms with Crippen molar-refractivity contribution < 1.29 is 19.0 Å². The number of fused-ring (bicyclic) bond motifs is 1. The number of nitrogens with zero attached hydrogens (tertiary/aromatic N) is 3. The summed E-state index contributed by atoms with van der Waals surface area (Å²) in [7, 11) is 1.61. The Hall–Kier alpha value is -3.96. The lowest BCUT2D eigenvalue weighted by atomic mass is 9.94. The maximum atomic E-state index is 14.1. The highest BCUT2D eigenvalue weighted by Crippen LogP contribution is 2.43. The molecule has 1 aromatic heterocycles. The summed E-state index contributed by atoms with van der Waals surface area (Å²) in [6, 6.07) is 18.8. The van der Waals surface area contributed by atoms with Gasteiger partial charge in [-0.3, -0.25) is 4.79 Å². The number of benzene rings is 3. The Morgan fingerprint density at radius 2 is 1.89 bits per heavy atom. The lowest BCUT2D eigenvalue weighted by molar-refractivity contribution is -0.113. The molecule has 9 nitrogen and oxygen atoms in total. The molecule has 0 saturated carbocycles. The Morgan fingerprint density at radius 1 is 1.07 bits per heavy atom. The second kappa shape index (κ2) is 14.9. The van der Waals surface area contributed by atoms with Crippen molar-refractivity contribution in [2.45, 2.75) is 58.3 Å². The molecule has 0 saturated heterocycles. The number of rotatable bonds is 13. The zero-order valence-electron chi connectivity index (χ0n) is 26.1. The van der Waals surface area contributed by atoms with Crippen LogP contribution >= 0.6 is 27.7 Å². The first kappa shape index (κ1) is 32.4. The number of para-hydroxylation sites is 2. The summed E-state index contributed by atoms with van der Waals surface area (Å²) < 4.78 is 20.3. The monoisotopic (exact) mass is 691 g/mol. The number of anilines is 2. The summed E-state index contributed by atoms with van der Waals surface area (Å²) in [6.45, 7) is 8.86. The summed E-state index contributed by atoms with van der Waals surface area (Å²) in [6.07, 6.45) is 2.14. The highest BCUT2D eigenvalue weighted by Gasteiger charge is 2.35. The van der Waals surface area contributed by atoms with E-state index >= 15 is 0 Å². The molecule has 2 heterocycles. The number of carbonyl (C=O) groups is 1. The Kier molecular flexibility index (Phi) is 10.7. The number of hydrogen-bond donors (Lipinski definition) is 2. The van der Waals surface area contributed by atoms with Crippen molar-refractivity contribution in [1.82, 2.24) is 14.8 Å². The van der Waals surface area contributed by atoms with Crippen molar-refractivity contribution in [3.8, 4) is 17.2 Å². The van der Waals surface area contributed by atoms with E-state index in [0.29, 0.717) is 63.0 Å². The van der Waals surface area contributed by atoms with E-state index in [2.05, 4.69) is 52.5 Å². The van der Waals surface area contributed by atoms with Gasteiger partial charge in [0.05, 0.1) is 29.4 Å². The van der Waals surface area contributed by atoms with Crippen LogP contribution < -0.4 is 24.8 Å². The first-order valence-corrected chi connectivity index (χ1v) is 16.8. The Labute approximate surface area is 276 Å². The molecular formula is C34H38BrN5O4S. The number of methoxy groups -OCH3 is 1. The van der Waals surface area contributed by atoms with Crippen LogP contribution in [0.3, 0.4) is 0 Å². The molecule has 5 rings (SSSR count). The van der Waals surface area contributed by atoms with Crippen molar-refractivity contribution in [2.24, 2.45) is 0 Å². The third-order valence-electron chi connectivity index (χ3n) is 7.28. The van der Waals surface area contributed by atoms with Gasteiger partial charge in [-0.2, -0.15) is 4.98 Å². The molecule has 3 aromatic carbocycles. The molecule has 0 bridgehead atoms. The largest absolute Gasteiger partial charge is 0.493 e. The molecule has 0 fully saturated rings. The van der Waals surface area contributed by atoms with Crippen LogP contribution in [-0.4, -0.2) is 40.1 Å². The van der Waals surface area contributed by atoms with Gasteiger partial charge in [-0.25, -0.2) is 4.68 Å². The van der Waals surface area contributed by atoms with Crippen molar-refractivity contribution >= 4 is 45.2 Å². The van der Waals surface area contributed by atoms with Gasteiger partial charge in [0.15, 0.2) is 11.5 Å². The van der Waals surface area contributed by atoms with E-state index in [1.165, 1.54) is 0 Å². The predicted molar refractivity (Wildman–Crippen MR) is 183 cm³/mol. The van der Waals surface area contributed by atoms with E-state index < -0.39 is 6.04 Å². The molecule has 1 unspecified atom stereocenters. The number of carbonyl (C=O) groups excluding carboxylic acids is 1. The van der Waals surface area contributed by atoms with Gasteiger partial charge in [0.2, 0.25) is 11.1 Å². The second-order valence-electron chi connectivity index (χ2n) is 10.6. The van der Waals surface area contributed by atoms with Gasteiger partial charge < -0.3 is 24.8 Å². The molecule has 1 aliphatic heterocycles. The van der Waals surface area contributed by atoms with E-state index in [-0.39, 0.29) is 5.91 Å². The molecular weight excluding hydrogens is 654 g/mol. The first-order valence-electron chi connectivity index (χ1n) is 15.0. The van der Waals surface area contributed by atoms with Gasteiger partial charge in [0.25, 0.3) is 5.91 Å². The molecule has 1 atom stereocenters. The van der Waals surface area contributed by atoms with Crippen molar-refractivity contribution in [3.63, 3.8) is 0 Å². The molecule has 1 amide bonds. The summed E-state index contributed by atoms with van der Waals surface area (Å²) in [5.74, 6) is 2.89. The average molecular weight is 693 g/mol. The van der Waals surface area contributed by atoms with Gasteiger partial charge >= 0.3 is 0 Å². The van der Waals surface area contributed by atoms with Crippen LogP contribution in [0.15, 0.2) is 81.6 Å². The molecule has 0 radical (unpaired) electrons. The molecule has 45 heavy (non-hydrogen) atoms. The van der Waals surface area contributed by atoms with Crippen LogP contribution in [0.5, 0.6) is 17.2 Å². The van der Waals surface area contributed by atoms with Gasteiger partial charge in [-0.15, -0.1) is 5.10 Å². The number of halogens is 1. The van der Waals surface area contributed by atoms with Gasteiger partial charge in [0, 0.05) is 11.4 Å². The quantitative estimate of drug-likeness (QED) is 0.107. The number of thioether (sulfide) groups is 1. The Balaban J connectivity index is 1.54. The molecule has 0 aliphatic carbocycles. The third-order valence-corrected chi connectivity index (χ3v) is 8.79. The van der Waals surface area contributed by atoms with Crippen LogP contribution in [0.1, 0.15) is 56.3 Å². The maximum Gasteiger partial charge on any atom is 0.255 e. The number of ether oxygens (including phenoxy) is 3. The van der Waals surface area contributed by atoms with Crippen molar-refractivity contribution in [2.75, 3.05) is 30.1 Å². The molecule has 1 aliphatic rings. The van der Waals surface area contributed by atoms with Gasteiger partial charge in [0.1, 0.15) is 18.4 Å². The van der Waals surface area contributed by atoms with Crippen molar-refractivity contribution in [1.29, 1.82) is 0 Å². The third kappa shape index (κ3) is 7.48. The molecule has 0 spiro atoms. The highest BCUT2D eigenvalue weighted by atomic mass is 79.9. The smallest absolute Gasteiger partial charge is 0.255 e. The number of aromatic nitrogens is 3. The second-order valence-corrected chi connectivity index (χ2v) is 12.5. The van der Waals surface area contributed by atoms with E-state index in [4.69, 9.17) is 24.3 Å². The zero-order valence-corrected chi connectivity index (χ0v) is 28.5. The fraction of sp³-hybridized carbons (Fsp3) is 0.324. The lowest BCUT2D eigenvalue weighted by Gasteiger charge is -2.29. The standard InChI is InChI=1S/C34H38BrN5O4S/c1-6-8-16-45-34-38-33-36-22(4)29(32(41)37-26-14-9-10-15-27(26)43-7-2)30(40(33)39-34)24-18-25(35)31(28(19-24)42-5)44-20-23-13-11-12-21(3)17-23/h9-15,17-19,30H,6-8,16,20H2,1-5H3,(H,37,41)(H,36,38,39). The predicted octanol–water partition coefficient (Wildman–Crippen LogP) is 8.16. The summed E-state index contributed by atoms with van der Waals surface area (Å²) in [4.78, 5) is 18.9. The van der Waals surface area contributed by atoms with Crippen LogP contribution in [0.2, 0.25) is 0 Å². The number of amides is 1. The van der Waals surface area contributed by atoms with Crippen LogP contribution in [0.4, 0.5) is 11.6 Å². The number of unbranched alkanes of at least 4 members (excludes halogenated alkanes) is 1. The SMILES string of the molecule is CCCCSc1nc2n(n1)C(c1cc(Br)c(OCc3cccc(C)c3)c(OC)c1)C(C(=O)Nc1ccccc1OCC)=C(C)N2. The first-order chi connectivity index (χ1) is 21.8. The number of nitrogens with one attached hydrogen (secondary N) is 2. The zero-order chi connectivity index (χ0) is 31.9. The van der Waals surface area contributed by atoms with Crippen LogP contribution in [-0.2, 0) is 11.4 Å². The Morgan fingerprint density at radius 3 is 2.64 bits per heavy atom. The molecule has 236 valence electrons. The highest BCUT2D eigenvalue weighted by molar-refractivity contribution is 9.10. The van der Waals surface area contributed by atoms with Crippen molar-refractivity contribution in [3.05, 3.63) is 93.1 Å². The Bertz CT molecular complexity index is 1710. The molecule has 11 heteroatoms. The normalized spacial score (nSPS) is 14.0. The fourth-order valence-corrected chi connectivity index (χ4v) is 6.63. The number of allylic oxidation sites excluding steroid dienone is 1. The minimum absolute atomic E-state index is 0.284. The molecule has 2 N–H and O–H groups in total.